The van der Waals surface area contributed by atoms with E-state index in [1.807, 2.05) is 0 Å². The minimum absolute atomic E-state index is 0.440. The van der Waals surface area contributed by atoms with Gasteiger partial charge < -0.3 is 4.90 Å². The van der Waals surface area contributed by atoms with Gasteiger partial charge in [-0.15, -0.1) is 0 Å². The van der Waals surface area contributed by atoms with Crippen molar-refractivity contribution >= 4 is 16.5 Å². The number of rotatable bonds is 3. The zero-order chi connectivity index (χ0) is 21.5. The Labute approximate surface area is 189 Å². The lowest BCUT2D eigenvalue weighted by Gasteiger charge is -2.35. The maximum atomic E-state index is 5.00. The SMILES string of the molecule is C/C(=N\N1CC[NH+](C2c3ccccc3-c3ccccc32)CC1)c1ccc2ccccc2c1. The normalized spacial score (nSPS) is 16.9. The predicted octanol–water partition coefficient (Wildman–Crippen LogP) is 4.53. The fourth-order valence-corrected chi connectivity index (χ4v) is 5.45. The van der Waals surface area contributed by atoms with Crippen molar-refractivity contribution in [2.24, 2.45) is 5.10 Å². The van der Waals surface area contributed by atoms with Crippen molar-refractivity contribution in [1.82, 2.24) is 5.01 Å². The monoisotopic (exact) mass is 418 g/mol. The molecule has 0 aromatic heterocycles. The number of piperazine rings is 1. The minimum atomic E-state index is 0.440. The van der Waals surface area contributed by atoms with Crippen LogP contribution >= 0.6 is 0 Å². The highest BCUT2D eigenvalue weighted by atomic mass is 15.5. The Morgan fingerprint density at radius 1 is 0.750 bits per heavy atom. The van der Waals surface area contributed by atoms with Gasteiger partial charge in [0.05, 0.1) is 31.9 Å². The highest BCUT2D eigenvalue weighted by molar-refractivity contribution is 6.01. The lowest BCUT2D eigenvalue weighted by atomic mass is 10.0. The number of hydrogen-bond donors (Lipinski definition) is 1. The standard InChI is InChI=1S/C29H27N3/c1-21(23-15-14-22-8-2-3-9-24(22)20-23)30-32-18-16-31(17-19-32)29-27-12-6-4-10-25(27)26-11-5-7-13-28(26)29/h2-15,20,29H,16-19H2,1H3/p+1/b30-21+. The van der Waals surface area contributed by atoms with Crippen LogP contribution in [0.4, 0.5) is 0 Å². The lowest BCUT2D eigenvalue weighted by molar-refractivity contribution is -0.929. The van der Waals surface area contributed by atoms with E-state index in [0.717, 1.165) is 31.9 Å². The van der Waals surface area contributed by atoms with E-state index in [1.165, 1.54) is 38.6 Å². The molecule has 0 bridgehead atoms. The maximum absolute atomic E-state index is 5.00. The summed E-state index contributed by atoms with van der Waals surface area (Å²) in [5.41, 5.74) is 8.08. The first-order valence-corrected chi connectivity index (χ1v) is 11.6. The summed E-state index contributed by atoms with van der Waals surface area (Å²) in [6.07, 6.45) is 0. The topological polar surface area (TPSA) is 20.0 Å². The Hall–Kier alpha value is -3.43. The molecule has 1 fully saturated rings. The quantitative estimate of drug-likeness (QED) is 0.485. The van der Waals surface area contributed by atoms with Gasteiger partial charge in [0.1, 0.15) is 6.04 Å². The average Bonchev–Trinajstić information content (AvgIpc) is 3.19. The first-order valence-electron chi connectivity index (χ1n) is 11.6. The molecule has 3 nitrogen and oxygen atoms in total. The summed E-state index contributed by atoms with van der Waals surface area (Å²) in [5, 5.41) is 9.81. The highest BCUT2D eigenvalue weighted by Gasteiger charge is 2.37. The molecule has 1 saturated heterocycles. The zero-order valence-electron chi connectivity index (χ0n) is 18.5. The van der Waals surface area contributed by atoms with Crippen molar-refractivity contribution in [2.45, 2.75) is 13.0 Å². The van der Waals surface area contributed by atoms with Crippen LogP contribution in [-0.2, 0) is 0 Å². The highest BCUT2D eigenvalue weighted by Crippen LogP contribution is 2.41. The third-order valence-electron chi connectivity index (χ3n) is 7.08. The van der Waals surface area contributed by atoms with Crippen LogP contribution in [0.5, 0.6) is 0 Å². The van der Waals surface area contributed by atoms with E-state index in [0.29, 0.717) is 6.04 Å². The second-order valence-electron chi connectivity index (χ2n) is 8.97. The minimum Gasteiger partial charge on any atom is -0.322 e. The van der Waals surface area contributed by atoms with Crippen molar-refractivity contribution in [1.29, 1.82) is 0 Å². The van der Waals surface area contributed by atoms with Crippen LogP contribution in [0.25, 0.3) is 21.9 Å². The number of nitrogens with zero attached hydrogens (tertiary/aromatic N) is 2. The number of nitrogens with one attached hydrogen (secondary N) is 1. The fraction of sp³-hybridized carbons (Fsp3) is 0.207. The molecule has 0 radical (unpaired) electrons. The van der Waals surface area contributed by atoms with Crippen molar-refractivity contribution in [3.63, 3.8) is 0 Å². The van der Waals surface area contributed by atoms with Gasteiger partial charge in [-0.1, -0.05) is 84.9 Å². The summed E-state index contributed by atoms with van der Waals surface area (Å²) < 4.78 is 0. The van der Waals surface area contributed by atoms with Gasteiger partial charge in [-0.05, 0) is 40.5 Å². The molecule has 4 aromatic carbocycles. The van der Waals surface area contributed by atoms with Gasteiger partial charge in [0.2, 0.25) is 0 Å². The molecule has 32 heavy (non-hydrogen) atoms. The molecule has 0 spiro atoms. The molecule has 1 aliphatic carbocycles. The van der Waals surface area contributed by atoms with Crippen molar-refractivity contribution in [2.75, 3.05) is 26.2 Å². The Morgan fingerprint density at radius 2 is 1.34 bits per heavy atom. The molecule has 0 atom stereocenters. The number of fused-ring (bicyclic) bond motifs is 4. The Kier molecular flexibility index (Phi) is 4.77. The Morgan fingerprint density at radius 3 is 2.03 bits per heavy atom. The molecular weight excluding hydrogens is 390 g/mol. The molecule has 0 amide bonds. The number of quaternary nitrogens is 1. The Balaban J connectivity index is 1.20. The van der Waals surface area contributed by atoms with Gasteiger partial charge in [0.25, 0.3) is 0 Å². The van der Waals surface area contributed by atoms with E-state index in [4.69, 9.17) is 5.10 Å². The van der Waals surface area contributed by atoms with Crippen molar-refractivity contribution < 1.29 is 4.90 Å². The van der Waals surface area contributed by atoms with E-state index in [1.54, 1.807) is 4.90 Å². The smallest absolute Gasteiger partial charge is 0.140 e. The first kappa shape index (κ1) is 19.3. The molecule has 1 aliphatic heterocycles. The van der Waals surface area contributed by atoms with Crippen LogP contribution in [0.1, 0.15) is 29.7 Å². The molecule has 6 rings (SSSR count). The van der Waals surface area contributed by atoms with Crippen molar-refractivity contribution in [3.8, 4) is 11.1 Å². The van der Waals surface area contributed by atoms with Crippen LogP contribution in [0.2, 0.25) is 0 Å². The third kappa shape index (κ3) is 3.30. The zero-order valence-corrected chi connectivity index (χ0v) is 18.5. The largest absolute Gasteiger partial charge is 0.322 e. The summed E-state index contributed by atoms with van der Waals surface area (Å²) in [7, 11) is 0. The van der Waals surface area contributed by atoms with Gasteiger partial charge in [0.15, 0.2) is 0 Å². The third-order valence-corrected chi connectivity index (χ3v) is 7.08. The predicted molar refractivity (Wildman–Crippen MR) is 132 cm³/mol. The molecular formula is C29H28N3+. The van der Waals surface area contributed by atoms with Gasteiger partial charge in [0, 0.05) is 11.1 Å². The number of hydrazone groups is 1. The van der Waals surface area contributed by atoms with Crippen LogP contribution in [0, 0.1) is 0 Å². The maximum Gasteiger partial charge on any atom is 0.140 e. The summed E-state index contributed by atoms with van der Waals surface area (Å²) in [5.74, 6) is 0. The fourth-order valence-electron chi connectivity index (χ4n) is 5.45. The molecule has 1 heterocycles. The second-order valence-corrected chi connectivity index (χ2v) is 8.97. The van der Waals surface area contributed by atoms with E-state index >= 15 is 0 Å². The molecule has 1 N–H and O–H groups in total. The van der Waals surface area contributed by atoms with Crippen LogP contribution < -0.4 is 4.90 Å². The molecule has 0 unspecified atom stereocenters. The van der Waals surface area contributed by atoms with Gasteiger partial charge in [-0.25, -0.2) is 0 Å². The van der Waals surface area contributed by atoms with E-state index in [-0.39, 0.29) is 0 Å². The summed E-state index contributed by atoms with van der Waals surface area (Å²) >= 11 is 0. The van der Waals surface area contributed by atoms with Gasteiger partial charge >= 0.3 is 0 Å². The molecule has 158 valence electrons. The summed E-state index contributed by atoms with van der Waals surface area (Å²) in [4.78, 5) is 1.65. The number of hydrogen-bond acceptors (Lipinski definition) is 2. The van der Waals surface area contributed by atoms with Gasteiger partial charge in [-0.3, -0.25) is 5.01 Å². The van der Waals surface area contributed by atoms with Crippen LogP contribution in [0.3, 0.4) is 0 Å². The molecule has 4 aromatic rings. The summed E-state index contributed by atoms with van der Waals surface area (Å²) in [6, 6.07) is 33.5. The second kappa shape index (κ2) is 7.92. The van der Waals surface area contributed by atoms with E-state index in [2.05, 4.69) is 103 Å². The average molecular weight is 419 g/mol. The van der Waals surface area contributed by atoms with Crippen LogP contribution in [-0.4, -0.2) is 36.9 Å². The van der Waals surface area contributed by atoms with Gasteiger partial charge in [-0.2, -0.15) is 5.10 Å². The molecule has 2 aliphatic rings. The Bertz CT molecular complexity index is 1270. The van der Waals surface area contributed by atoms with E-state index in [9.17, 15) is 0 Å². The summed E-state index contributed by atoms with van der Waals surface area (Å²) in [6.45, 7) is 6.30. The molecule has 0 saturated carbocycles. The van der Waals surface area contributed by atoms with E-state index < -0.39 is 0 Å². The van der Waals surface area contributed by atoms with Crippen LogP contribution in [0.15, 0.2) is 96.1 Å². The van der Waals surface area contributed by atoms with Crippen molar-refractivity contribution in [3.05, 3.63) is 108 Å². The molecule has 3 heteroatoms. The lowest BCUT2D eigenvalue weighted by Crippen LogP contribution is -3.14. The first-order chi connectivity index (χ1) is 15.8. The number of benzene rings is 4.